The predicted octanol–water partition coefficient (Wildman–Crippen LogP) is 1.13. The topological polar surface area (TPSA) is 63.3 Å². The third-order valence-corrected chi connectivity index (χ3v) is 2.90. The molecule has 14 heavy (non-hydrogen) atoms. The molecule has 0 amide bonds. The van der Waals surface area contributed by atoms with E-state index in [9.17, 15) is 4.79 Å². The molecule has 1 unspecified atom stereocenters. The third-order valence-electron chi connectivity index (χ3n) is 2.90. The van der Waals surface area contributed by atoms with Gasteiger partial charge in [-0.3, -0.25) is 4.79 Å². The molecule has 3 N–H and O–H groups in total. The van der Waals surface area contributed by atoms with Gasteiger partial charge >= 0.3 is 5.97 Å². The van der Waals surface area contributed by atoms with Crippen LogP contribution in [-0.2, 0) is 11.2 Å². The summed E-state index contributed by atoms with van der Waals surface area (Å²) in [6, 6.07) is 7.18. The Balaban J connectivity index is 2.30. The zero-order valence-electron chi connectivity index (χ0n) is 7.81. The molecule has 0 aromatic heterocycles. The summed E-state index contributed by atoms with van der Waals surface area (Å²) in [5, 5.41) is 8.84. The molecular formula is C11H13NO2. The van der Waals surface area contributed by atoms with Crippen LogP contribution < -0.4 is 5.73 Å². The smallest absolute Gasteiger partial charge is 0.321 e. The van der Waals surface area contributed by atoms with E-state index in [0.29, 0.717) is 0 Å². The number of nitrogens with two attached hydrogens (primary N) is 1. The summed E-state index contributed by atoms with van der Waals surface area (Å²) in [5.41, 5.74) is 8.00. The molecule has 2 atom stereocenters. The lowest BCUT2D eigenvalue weighted by Gasteiger charge is -2.15. The number of benzene rings is 1. The van der Waals surface area contributed by atoms with E-state index in [2.05, 4.69) is 0 Å². The van der Waals surface area contributed by atoms with Crippen molar-refractivity contribution < 1.29 is 9.90 Å². The number of rotatable bonds is 2. The van der Waals surface area contributed by atoms with Gasteiger partial charge in [0.2, 0.25) is 0 Å². The Morgan fingerprint density at radius 3 is 2.93 bits per heavy atom. The minimum atomic E-state index is -0.910. The largest absolute Gasteiger partial charge is 0.480 e. The number of carboxylic acid groups (broad SMARTS) is 1. The number of aryl methyl sites for hydroxylation is 1. The van der Waals surface area contributed by atoms with Crippen molar-refractivity contribution in [1.29, 1.82) is 0 Å². The Bertz CT molecular complexity index is 362. The number of hydrogen-bond acceptors (Lipinski definition) is 2. The van der Waals surface area contributed by atoms with Crippen LogP contribution in [0, 0.1) is 0 Å². The fourth-order valence-corrected chi connectivity index (χ4v) is 2.14. The van der Waals surface area contributed by atoms with Crippen LogP contribution in [0.4, 0.5) is 0 Å². The van der Waals surface area contributed by atoms with E-state index < -0.39 is 12.0 Å². The standard InChI is InChI=1S/C11H13NO2/c12-10(11(13)14)9-6-5-7-3-1-2-4-8(7)9/h1-4,9-10H,5-6,12H2,(H,13,14)/t9?,10-/m0/s1. The molecule has 1 aliphatic carbocycles. The van der Waals surface area contributed by atoms with Crippen LogP contribution in [0.25, 0.3) is 0 Å². The van der Waals surface area contributed by atoms with Gasteiger partial charge in [0.25, 0.3) is 0 Å². The van der Waals surface area contributed by atoms with Gasteiger partial charge in [-0.1, -0.05) is 24.3 Å². The Morgan fingerprint density at radius 2 is 2.21 bits per heavy atom. The van der Waals surface area contributed by atoms with Crippen molar-refractivity contribution in [3.8, 4) is 0 Å². The van der Waals surface area contributed by atoms with Crippen LogP contribution in [0.15, 0.2) is 24.3 Å². The van der Waals surface area contributed by atoms with Crippen molar-refractivity contribution in [1.82, 2.24) is 0 Å². The predicted molar refractivity (Wildman–Crippen MR) is 53.1 cm³/mol. The summed E-state index contributed by atoms with van der Waals surface area (Å²) in [5.74, 6) is -0.921. The molecule has 0 spiro atoms. The van der Waals surface area contributed by atoms with E-state index in [-0.39, 0.29) is 5.92 Å². The Hall–Kier alpha value is -1.35. The molecule has 3 nitrogen and oxygen atoms in total. The summed E-state index contributed by atoms with van der Waals surface area (Å²) in [4.78, 5) is 10.8. The zero-order chi connectivity index (χ0) is 10.1. The van der Waals surface area contributed by atoms with Crippen molar-refractivity contribution in [2.75, 3.05) is 0 Å². The highest BCUT2D eigenvalue weighted by Gasteiger charge is 2.31. The normalized spacial score (nSPS) is 21.6. The van der Waals surface area contributed by atoms with Gasteiger partial charge in [-0.25, -0.2) is 0 Å². The maximum absolute atomic E-state index is 10.8. The lowest BCUT2D eigenvalue weighted by atomic mass is 9.94. The Labute approximate surface area is 82.5 Å². The van der Waals surface area contributed by atoms with E-state index in [1.807, 2.05) is 24.3 Å². The van der Waals surface area contributed by atoms with Crippen molar-refractivity contribution in [2.24, 2.45) is 5.73 Å². The molecule has 0 heterocycles. The lowest BCUT2D eigenvalue weighted by molar-refractivity contribution is -0.139. The fourth-order valence-electron chi connectivity index (χ4n) is 2.14. The first-order chi connectivity index (χ1) is 6.70. The van der Waals surface area contributed by atoms with Crippen molar-refractivity contribution in [2.45, 2.75) is 24.8 Å². The van der Waals surface area contributed by atoms with Crippen LogP contribution in [0.5, 0.6) is 0 Å². The number of aliphatic carboxylic acids is 1. The summed E-state index contributed by atoms with van der Waals surface area (Å²) in [6.45, 7) is 0. The number of carbonyl (C=O) groups is 1. The Morgan fingerprint density at radius 1 is 1.50 bits per heavy atom. The third kappa shape index (κ3) is 1.40. The van der Waals surface area contributed by atoms with E-state index in [1.165, 1.54) is 5.56 Å². The number of fused-ring (bicyclic) bond motifs is 1. The number of carboxylic acids is 1. The van der Waals surface area contributed by atoms with E-state index in [4.69, 9.17) is 10.8 Å². The van der Waals surface area contributed by atoms with E-state index >= 15 is 0 Å². The van der Waals surface area contributed by atoms with Crippen LogP contribution in [0.2, 0.25) is 0 Å². The average Bonchev–Trinajstić information content (AvgIpc) is 2.60. The SMILES string of the molecule is N[C@H](C(=O)O)C1CCc2ccccc21. The molecule has 0 saturated carbocycles. The van der Waals surface area contributed by atoms with Crippen molar-refractivity contribution in [3.63, 3.8) is 0 Å². The first kappa shape index (κ1) is 9.21. The molecule has 74 valence electrons. The van der Waals surface area contributed by atoms with Crippen LogP contribution in [0.3, 0.4) is 0 Å². The highest BCUT2D eigenvalue weighted by atomic mass is 16.4. The molecule has 0 radical (unpaired) electrons. The van der Waals surface area contributed by atoms with Crippen LogP contribution in [-0.4, -0.2) is 17.1 Å². The van der Waals surface area contributed by atoms with Gasteiger partial charge in [-0.15, -0.1) is 0 Å². The van der Waals surface area contributed by atoms with Crippen molar-refractivity contribution >= 4 is 5.97 Å². The Kier molecular flexibility index (Phi) is 2.25. The molecule has 0 fully saturated rings. The molecule has 0 bridgehead atoms. The fraction of sp³-hybridized carbons (Fsp3) is 0.364. The van der Waals surface area contributed by atoms with Gasteiger partial charge in [0, 0.05) is 5.92 Å². The first-order valence-corrected chi connectivity index (χ1v) is 4.76. The molecule has 2 rings (SSSR count). The summed E-state index contributed by atoms with van der Waals surface area (Å²) >= 11 is 0. The molecule has 1 aromatic rings. The summed E-state index contributed by atoms with van der Waals surface area (Å²) in [7, 11) is 0. The number of hydrogen-bond donors (Lipinski definition) is 2. The van der Waals surface area contributed by atoms with Gasteiger partial charge in [0.05, 0.1) is 0 Å². The average molecular weight is 191 g/mol. The molecule has 1 aliphatic rings. The monoisotopic (exact) mass is 191 g/mol. The highest BCUT2D eigenvalue weighted by molar-refractivity contribution is 5.75. The minimum Gasteiger partial charge on any atom is -0.480 e. The second kappa shape index (κ2) is 3.42. The minimum absolute atomic E-state index is 0.0105. The molecule has 0 aliphatic heterocycles. The maximum atomic E-state index is 10.8. The van der Waals surface area contributed by atoms with Crippen LogP contribution >= 0.6 is 0 Å². The summed E-state index contributed by atoms with van der Waals surface area (Å²) in [6.07, 6.45) is 1.80. The zero-order valence-corrected chi connectivity index (χ0v) is 7.81. The molecule has 1 aromatic carbocycles. The van der Waals surface area contributed by atoms with Gasteiger partial charge in [-0.2, -0.15) is 0 Å². The lowest BCUT2D eigenvalue weighted by Crippen LogP contribution is -2.35. The van der Waals surface area contributed by atoms with Gasteiger partial charge in [-0.05, 0) is 24.0 Å². The molecule has 3 heteroatoms. The van der Waals surface area contributed by atoms with Gasteiger partial charge < -0.3 is 10.8 Å². The maximum Gasteiger partial charge on any atom is 0.321 e. The quantitative estimate of drug-likeness (QED) is 0.736. The summed E-state index contributed by atoms with van der Waals surface area (Å²) < 4.78 is 0. The van der Waals surface area contributed by atoms with E-state index in [1.54, 1.807) is 0 Å². The van der Waals surface area contributed by atoms with Crippen molar-refractivity contribution in [3.05, 3.63) is 35.4 Å². The molecular weight excluding hydrogens is 178 g/mol. The second-order valence-corrected chi connectivity index (χ2v) is 3.71. The molecule has 0 saturated heterocycles. The van der Waals surface area contributed by atoms with E-state index in [0.717, 1.165) is 18.4 Å². The highest BCUT2D eigenvalue weighted by Crippen LogP contribution is 2.34. The second-order valence-electron chi connectivity index (χ2n) is 3.71. The first-order valence-electron chi connectivity index (χ1n) is 4.76. The van der Waals surface area contributed by atoms with Gasteiger partial charge in [0.15, 0.2) is 0 Å². The van der Waals surface area contributed by atoms with Gasteiger partial charge in [0.1, 0.15) is 6.04 Å². The van der Waals surface area contributed by atoms with Crippen LogP contribution in [0.1, 0.15) is 23.5 Å².